The first kappa shape index (κ1) is 16.7. The number of amides is 1. The van der Waals surface area contributed by atoms with Crippen molar-refractivity contribution in [1.82, 2.24) is 9.62 Å². The second kappa shape index (κ2) is 7.56. The van der Waals surface area contributed by atoms with Gasteiger partial charge in [-0.2, -0.15) is 0 Å². The van der Waals surface area contributed by atoms with E-state index in [1.54, 1.807) is 0 Å². The van der Waals surface area contributed by atoms with Crippen LogP contribution >= 0.6 is 0 Å². The van der Waals surface area contributed by atoms with Gasteiger partial charge in [0.2, 0.25) is 15.9 Å². The maximum atomic E-state index is 12.3. The Hall–Kier alpha value is -0.660. The quantitative estimate of drug-likeness (QED) is 0.783. The third-order valence-electron chi connectivity index (χ3n) is 4.40. The lowest BCUT2D eigenvalue weighted by Gasteiger charge is -2.31. The molecule has 2 fully saturated rings. The summed E-state index contributed by atoms with van der Waals surface area (Å²) in [4.78, 5) is 12.3. The highest BCUT2D eigenvalue weighted by molar-refractivity contribution is 7.89. The van der Waals surface area contributed by atoms with E-state index in [4.69, 9.17) is 4.74 Å². The number of hydrogen-bond acceptors (Lipinski definition) is 4. The number of hydrogen-bond donors (Lipinski definition) is 1. The summed E-state index contributed by atoms with van der Waals surface area (Å²) in [7, 11) is -1.82. The van der Waals surface area contributed by atoms with E-state index in [0.29, 0.717) is 13.1 Å². The van der Waals surface area contributed by atoms with Gasteiger partial charge in [0.25, 0.3) is 0 Å². The molecule has 1 amide bonds. The Morgan fingerprint density at radius 1 is 1.24 bits per heavy atom. The Morgan fingerprint density at radius 2 is 1.95 bits per heavy atom. The van der Waals surface area contributed by atoms with E-state index in [1.807, 2.05) is 0 Å². The van der Waals surface area contributed by atoms with Crippen molar-refractivity contribution < 1.29 is 17.9 Å². The number of nitrogens with zero attached hydrogens (tertiary/aromatic N) is 1. The summed E-state index contributed by atoms with van der Waals surface area (Å²) in [6, 6.07) is 0.290. The zero-order chi connectivity index (χ0) is 15.3. The topological polar surface area (TPSA) is 75.7 Å². The fourth-order valence-electron chi connectivity index (χ4n) is 3.12. The highest BCUT2D eigenvalue weighted by Crippen LogP contribution is 2.22. The molecule has 21 heavy (non-hydrogen) atoms. The van der Waals surface area contributed by atoms with E-state index in [2.05, 4.69) is 5.32 Å². The minimum absolute atomic E-state index is 0.0134. The zero-order valence-corrected chi connectivity index (χ0v) is 13.5. The molecule has 0 spiro atoms. The molecule has 1 heterocycles. The average Bonchev–Trinajstić information content (AvgIpc) is 2.98. The third-order valence-corrected chi connectivity index (χ3v) is 6.20. The molecular weight excluding hydrogens is 292 g/mol. The van der Waals surface area contributed by atoms with Gasteiger partial charge in [-0.05, 0) is 25.7 Å². The molecular formula is C14H26N2O4S. The van der Waals surface area contributed by atoms with Crippen LogP contribution in [0, 0.1) is 5.92 Å². The van der Waals surface area contributed by atoms with Crippen molar-refractivity contribution in [2.75, 3.05) is 32.6 Å². The molecule has 2 rings (SSSR count). The van der Waals surface area contributed by atoms with Crippen molar-refractivity contribution in [2.24, 2.45) is 5.92 Å². The predicted molar refractivity (Wildman–Crippen MR) is 80.4 cm³/mol. The summed E-state index contributed by atoms with van der Waals surface area (Å²) in [5, 5.41) is 3.08. The standard InChI is InChI=1S/C14H26N2O4S/c1-20-9-10-21(18,19)16-8-4-5-12(11-16)14(17)15-13-6-2-3-7-13/h12-13H,2-11H2,1H3,(H,15,17). The minimum Gasteiger partial charge on any atom is -0.384 e. The highest BCUT2D eigenvalue weighted by atomic mass is 32.2. The second-order valence-electron chi connectivity index (χ2n) is 6.00. The number of rotatable bonds is 6. The Kier molecular flexibility index (Phi) is 6.01. The van der Waals surface area contributed by atoms with Crippen LogP contribution in [0.25, 0.3) is 0 Å². The molecule has 0 aromatic heterocycles. The van der Waals surface area contributed by atoms with Gasteiger partial charge in [-0.1, -0.05) is 12.8 Å². The molecule has 1 atom stereocenters. The Bertz CT molecular complexity index is 446. The van der Waals surface area contributed by atoms with Crippen LogP contribution in [0.5, 0.6) is 0 Å². The van der Waals surface area contributed by atoms with Crippen LogP contribution in [0.3, 0.4) is 0 Å². The molecule has 0 radical (unpaired) electrons. The van der Waals surface area contributed by atoms with Gasteiger partial charge in [0, 0.05) is 26.2 Å². The molecule has 0 aromatic rings. The lowest BCUT2D eigenvalue weighted by Crippen LogP contribution is -2.47. The maximum absolute atomic E-state index is 12.3. The summed E-state index contributed by atoms with van der Waals surface area (Å²) in [6.07, 6.45) is 5.96. The molecule has 1 unspecified atom stereocenters. The van der Waals surface area contributed by atoms with Crippen molar-refractivity contribution in [2.45, 2.75) is 44.6 Å². The molecule has 2 aliphatic rings. The lowest BCUT2D eigenvalue weighted by molar-refractivity contribution is -0.126. The van der Waals surface area contributed by atoms with Crippen molar-refractivity contribution in [3.63, 3.8) is 0 Å². The first-order valence-corrected chi connectivity index (χ1v) is 9.41. The van der Waals surface area contributed by atoms with Gasteiger partial charge >= 0.3 is 0 Å². The zero-order valence-electron chi connectivity index (χ0n) is 12.7. The molecule has 6 nitrogen and oxygen atoms in total. The van der Waals surface area contributed by atoms with Gasteiger partial charge in [-0.15, -0.1) is 0 Å². The van der Waals surface area contributed by atoms with Gasteiger partial charge in [-0.3, -0.25) is 4.79 Å². The molecule has 1 aliphatic carbocycles. The monoisotopic (exact) mass is 318 g/mol. The fourth-order valence-corrected chi connectivity index (χ4v) is 4.57. The van der Waals surface area contributed by atoms with Crippen LogP contribution in [-0.2, 0) is 19.6 Å². The normalized spacial score (nSPS) is 25.1. The third kappa shape index (κ3) is 4.66. The van der Waals surface area contributed by atoms with Crippen molar-refractivity contribution in [3.8, 4) is 0 Å². The molecule has 1 saturated carbocycles. The van der Waals surface area contributed by atoms with E-state index in [-0.39, 0.29) is 30.2 Å². The number of ether oxygens (including phenoxy) is 1. The number of sulfonamides is 1. The highest BCUT2D eigenvalue weighted by Gasteiger charge is 2.33. The predicted octanol–water partition coefficient (Wildman–Crippen LogP) is 0.733. The van der Waals surface area contributed by atoms with Crippen LogP contribution in [0.4, 0.5) is 0 Å². The maximum Gasteiger partial charge on any atom is 0.224 e. The van der Waals surface area contributed by atoms with E-state index >= 15 is 0 Å². The Labute approximate surface area is 127 Å². The summed E-state index contributed by atoms with van der Waals surface area (Å²) in [6.45, 7) is 1.02. The summed E-state index contributed by atoms with van der Waals surface area (Å²) in [5.74, 6) is -0.203. The van der Waals surface area contributed by atoms with Gasteiger partial charge in [0.15, 0.2) is 0 Å². The van der Waals surface area contributed by atoms with E-state index in [0.717, 1.165) is 25.7 Å². The molecule has 1 aliphatic heterocycles. The van der Waals surface area contributed by atoms with Crippen LogP contribution in [0.1, 0.15) is 38.5 Å². The molecule has 0 bridgehead atoms. The van der Waals surface area contributed by atoms with E-state index in [1.165, 1.54) is 24.3 Å². The Balaban J connectivity index is 1.88. The van der Waals surface area contributed by atoms with Crippen LogP contribution in [0.2, 0.25) is 0 Å². The van der Waals surface area contributed by atoms with Gasteiger partial charge in [0.05, 0.1) is 18.3 Å². The smallest absolute Gasteiger partial charge is 0.224 e. The summed E-state index contributed by atoms with van der Waals surface area (Å²) in [5.41, 5.74) is 0. The molecule has 1 saturated heterocycles. The van der Waals surface area contributed by atoms with Crippen LogP contribution in [0.15, 0.2) is 0 Å². The number of carbonyl (C=O) groups excluding carboxylic acids is 1. The number of carbonyl (C=O) groups is 1. The molecule has 1 N–H and O–H groups in total. The van der Waals surface area contributed by atoms with Crippen LogP contribution < -0.4 is 5.32 Å². The number of piperidine rings is 1. The molecule has 122 valence electrons. The lowest BCUT2D eigenvalue weighted by atomic mass is 9.98. The van der Waals surface area contributed by atoms with Crippen molar-refractivity contribution in [3.05, 3.63) is 0 Å². The first-order chi connectivity index (χ1) is 10.0. The van der Waals surface area contributed by atoms with Crippen molar-refractivity contribution in [1.29, 1.82) is 0 Å². The average molecular weight is 318 g/mol. The van der Waals surface area contributed by atoms with Crippen LogP contribution in [-0.4, -0.2) is 57.2 Å². The van der Waals surface area contributed by atoms with Crippen molar-refractivity contribution >= 4 is 15.9 Å². The van der Waals surface area contributed by atoms with E-state index < -0.39 is 10.0 Å². The number of nitrogens with one attached hydrogen (secondary N) is 1. The Morgan fingerprint density at radius 3 is 2.62 bits per heavy atom. The molecule has 0 aromatic carbocycles. The number of methoxy groups -OCH3 is 1. The first-order valence-electron chi connectivity index (χ1n) is 7.80. The summed E-state index contributed by atoms with van der Waals surface area (Å²) < 4.78 is 30.6. The molecule has 7 heteroatoms. The van der Waals surface area contributed by atoms with Gasteiger partial charge in [0.1, 0.15) is 0 Å². The minimum atomic E-state index is -3.31. The second-order valence-corrected chi connectivity index (χ2v) is 8.08. The van der Waals surface area contributed by atoms with E-state index in [9.17, 15) is 13.2 Å². The van der Waals surface area contributed by atoms with Gasteiger partial charge in [-0.25, -0.2) is 12.7 Å². The summed E-state index contributed by atoms with van der Waals surface area (Å²) >= 11 is 0. The SMILES string of the molecule is COCCS(=O)(=O)N1CCCC(C(=O)NC2CCCC2)C1. The largest absolute Gasteiger partial charge is 0.384 e. The fraction of sp³-hybridized carbons (Fsp3) is 0.929. The van der Waals surface area contributed by atoms with Gasteiger partial charge < -0.3 is 10.1 Å².